The number of carbonyl (C=O) groups excluding carboxylic acids is 1. The lowest BCUT2D eigenvalue weighted by Gasteiger charge is -2.17. The van der Waals surface area contributed by atoms with Crippen LogP contribution in [0.15, 0.2) is 28.9 Å². The van der Waals surface area contributed by atoms with E-state index < -0.39 is 12.1 Å². The van der Waals surface area contributed by atoms with Crippen LogP contribution in [-0.2, 0) is 11.3 Å². The van der Waals surface area contributed by atoms with E-state index in [0.29, 0.717) is 17.3 Å². The molecule has 0 aromatic carbocycles. The van der Waals surface area contributed by atoms with Gasteiger partial charge in [0.1, 0.15) is 11.9 Å². The van der Waals surface area contributed by atoms with Crippen molar-refractivity contribution < 1.29 is 13.9 Å². The fourth-order valence-corrected chi connectivity index (χ4v) is 2.01. The topological polar surface area (TPSA) is 81.0 Å². The van der Waals surface area contributed by atoms with Gasteiger partial charge in [0.25, 0.3) is 0 Å². The summed E-state index contributed by atoms with van der Waals surface area (Å²) in [6.45, 7) is 4.15. The van der Waals surface area contributed by atoms with E-state index in [1.807, 2.05) is 19.9 Å². The number of halogens is 1. The monoisotopic (exact) mass is 321 g/mol. The molecule has 7 heteroatoms. The second-order valence-electron chi connectivity index (χ2n) is 5.17. The van der Waals surface area contributed by atoms with Crippen molar-refractivity contribution in [1.82, 2.24) is 9.78 Å². The number of carbonyl (C=O) groups is 1. The van der Waals surface area contributed by atoms with E-state index in [9.17, 15) is 4.79 Å². The predicted octanol–water partition coefficient (Wildman–Crippen LogP) is 3.27. The van der Waals surface area contributed by atoms with Crippen LogP contribution < -0.4 is 0 Å². The summed E-state index contributed by atoms with van der Waals surface area (Å²) < 4.78 is 12.4. The Bertz CT molecular complexity index is 684. The molecule has 0 amide bonds. The van der Waals surface area contributed by atoms with Crippen molar-refractivity contribution in [2.45, 2.75) is 32.9 Å². The van der Waals surface area contributed by atoms with Crippen LogP contribution >= 0.6 is 11.6 Å². The van der Waals surface area contributed by atoms with Gasteiger partial charge in [0, 0.05) is 6.20 Å². The SMILES string of the molecule is CC(C)[C@H](CC#N)OC(=O)c1ccc(Cn2cc(Cl)cn2)o1. The third-order valence-electron chi connectivity index (χ3n) is 3.08. The number of rotatable bonds is 6. The first-order valence-corrected chi connectivity index (χ1v) is 7.22. The Morgan fingerprint density at radius 2 is 2.32 bits per heavy atom. The van der Waals surface area contributed by atoms with Crippen molar-refractivity contribution in [2.24, 2.45) is 5.92 Å². The minimum Gasteiger partial charge on any atom is -0.455 e. The molecule has 0 bridgehead atoms. The summed E-state index contributed by atoms with van der Waals surface area (Å²) in [7, 11) is 0. The van der Waals surface area contributed by atoms with E-state index in [0.717, 1.165) is 0 Å². The van der Waals surface area contributed by atoms with Gasteiger partial charge in [-0.2, -0.15) is 10.4 Å². The number of aromatic nitrogens is 2. The summed E-state index contributed by atoms with van der Waals surface area (Å²) in [5.41, 5.74) is 0. The molecule has 116 valence electrons. The van der Waals surface area contributed by atoms with E-state index in [2.05, 4.69) is 5.10 Å². The van der Waals surface area contributed by atoms with Gasteiger partial charge in [0.2, 0.25) is 5.76 Å². The molecule has 6 nitrogen and oxygen atoms in total. The molecule has 0 radical (unpaired) electrons. The molecule has 0 saturated heterocycles. The maximum atomic E-state index is 12.0. The van der Waals surface area contributed by atoms with Gasteiger partial charge in [-0.3, -0.25) is 4.68 Å². The second kappa shape index (κ2) is 7.14. The first kappa shape index (κ1) is 16.1. The molecule has 2 aromatic heterocycles. The number of nitriles is 1. The molecule has 0 aliphatic rings. The van der Waals surface area contributed by atoms with Crippen LogP contribution in [0.4, 0.5) is 0 Å². The molecule has 2 aromatic rings. The van der Waals surface area contributed by atoms with E-state index in [1.54, 1.807) is 23.0 Å². The number of esters is 1. The average molecular weight is 322 g/mol. The number of furan rings is 1. The largest absolute Gasteiger partial charge is 0.455 e. The zero-order valence-corrected chi connectivity index (χ0v) is 13.1. The van der Waals surface area contributed by atoms with Crippen LogP contribution in [0.25, 0.3) is 0 Å². The number of hydrogen-bond acceptors (Lipinski definition) is 5. The minimum absolute atomic E-state index is 0.0595. The maximum Gasteiger partial charge on any atom is 0.374 e. The van der Waals surface area contributed by atoms with Crippen LogP contribution in [0.2, 0.25) is 5.02 Å². The summed E-state index contributed by atoms with van der Waals surface area (Å²) in [4.78, 5) is 12.0. The van der Waals surface area contributed by atoms with E-state index in [1.165, 1.54) is 6.20 Å². The Morgan fingerprint density at radius 1 is 1.55 bits per heavy atom. The van der Waals surface area contributed by atoms with Crippen LogP contribution in [-0.4, -0.2) is 21.9 Å². The zero-order valence-electron chi connectivity index (χ0n) is 12.3. The fourth-order valence-electron chi connectivity index (χ4n) is 1.86. The standard InChI is InChI=1S/C15H16ClN3O3/c1-10(2)13(5-6-17)22-15(20)14-4-3-12(21-14)9-19-8-11(16)7-18-19/h3-4,7-8,10,13H,5,9H2,1-2H3/t13-/m0/s1. The van der Waals surface area contributed by atoms with Gasteiger partial charge in [-0.1, -0.05) is 25.4 Å². The molecule has 2 rings (SSSR count). The van der Waals surface area contributed by atoms with Crippen molar-refractivity contribution in [3.05, 3.63) is 41.1 Å². The Labute approximate surface area is 133 Å². The summed E-state index contributed by atoms with van der Waals surface area (Å²) in [6, 6.07) is 5.24. The molecule has 22 heavy (non-hydrogen) atoms. The quantitative estimate of drug-likeness (QED) is 0.763. The molecule has 0 spiro atoms. The molecule has 0 fully saturated rings. The number of ether oxygens (including phenoxy) is 1. The molecular weight excluding hydrogens is 306 g/mol. The highest BCUT2D eigenvalue weighted by Crippen LogP contribution is 2.16. The summed E-state index contributed by atoms with van der Waals surface area (Å²) in [5.74, 6) is 0.160. The highest BCUT2D eigenvalue weighted by atomic mass is 35.5. The van der Waals surface area contributed by atoms with Crippen molar-refractivity contribution >= 4 is 17.6 Å². The van der Waals surface area contributed by atoms with Gasteiger partial charge in [0.05, 0.1) is 30.3 Å². The highest BCUT2D eigenvalue weighted by Gasteiger charge is 2.21. The Kier molecular flexibility index (Phi) is 5.23. The molecule has 0 unspecified atom stereocenters. The van der Waals surface area contributed by atoms with Gasteiger partial charge in [-0.05, 0) is 18.1 Å². The number of hydrogen-bond donors (Lipinski definition) is 0. The third kappa shape index (κ3) is 4.12. The molecule has 0 aliphatic carbocycles. The number of nitrogens with zero attached hydrogens (tertiary/aromatic N) is 3. The van der Waals surface area contributed by atoms with E-state index >= 15 is 0 Å². The van der Waals surface area contributed by atoms with Crippen molar-refractivity contribution in [1.29, 1.82) is 5.26 Å². The summed E-state index contributed by atoms with van der Waals surface area (Å²) in [6.07, 6.45) is 2.89. The molecule has 1 atom stereocenters. The predicted molar refractivity (Wildman–Crippen MR) is 79.3 cm³/mol. The van der Waals surface area contributed by atoms with E-state index in [4.69, 9.17) is 26.0 Å². The van der Waals surface area contributed by atoms with Crippen LogP contribution in [0, 0.1) is 17.2 Å². The summed E-state index contributed by atoms with van der Waals surface area (Å²) in [5, 5.41) is 13.3. The van der Waals surface area contributed by atoms with Crippen molar-refractivity contribution in [3.8, 4) is 6.07 Å². The smallest absolute Gasteiger partial charge is 0.374 e. The average Bonchev–Trinajstić information content (AvgIpc) is 3.08. The Morgan fingerprint density at radius 3 is 2.91 bits per heavy atom. The lowest BCUT2D eigenvalue weighted by atomic mass is 10.1. The molecule has 0 aliphatic heterocycles. The Hall–Kier alpha value is -2.26. The van der Waals surface area contributed by atoms with Gasteiger partial charge >= 0.3 is 5.97 Å². The lowest BCUT2D eigenvalue weighted by Crippen LogP contribution is -2.23. The van der Waals surface area contributed by atoms with Gasteiger partial charge in [-0.25, -0.2) is 4.79 Å². The van der Waals surface area contributed by atoms with Gasteiger partial charge in [-0.15, -0.1) is 0 Å². The van der Waals surface area contributed by atoms with Gasteiger partial charge < -0.3 is 9.15 Å². The first-order valence-electron chi connectivity index (χ1n) is 6.84. The molecule has 0 saturated carbocycles. The van der Waals surface area contributed by atoms with E-state index in [-0.39, 0.29) is 18.1 Å². The van der Waals surface area contributed by atoms with Crippen molar-refractivity contribution in [3.63, 3.8) is 0 Å². The Balaban J connectivity index is 2.01. The normalized spacial score (nSPS) is 12.1. The van der Waals surface area contributed by atoms with Gasteiger partial charge in [0.15, 0.2) is 0 Å². The summed E-state index contributed by atoms with van der Waals surface area (Å²) >= 11 is 5.78. The van der Waals surface area contributed by atoms with Crippen LogP contribution in [0.3, 0.4) is 0 Å². The second-order valence-corrected chi connectivity index (χ2v) is 5.61. The molecule has 2 heterocycles. The zero-order chi connectivity index (χ0) is 16.1. The lowest BCUT2D eigenvalue weighted by molar-refractivity contribution is 0.0162. The third-order valence-corrected chi connectivity index (χ3v) is 3.27. The fraction of sp³-hybridized carbons (Fsp3) is 0.400. The van der Waals surface area contributed by atoms with Crippen LogP contribution in [0.1, 0.15) is 36.6 Å². The molecular formula is C15H16ClN3O3. The molecule has 0 N–H and O–H groups in total. The van der Waals surface area contributed by atoms with Crippen LogP contribution in [0.5, 0.6) is 0 Å². The van der Waals surface area contributed by atoms with Crippen molar-refractivity contribution in [2.75, 3.05) is 0 Å². The first-order chi connectivity index (χ1) is 10.5. The highest BCUT2D eigenvalue weighted by molar-refractivity contribution is 6.30. The minimum atomic E-state index is -0.571. The maximum absolute atomic E-state index is 12.0.